The van der Waals surface area contributed by atoms with Crippen LogP contribution in [0.2, 0.25) is 0 Å². The molecule has 0 unspecified atom stereocenters. The van der Waals surface area contributed by atoms with Crippen LogP contribution in [0.25, 0.3) is 21.7 Å². The number of amides is 1. The van der Waals surface area contributed by atoms with Crippen molar-refractivity contribution in [1.82, 2.24) is 14.5 Å². The molecule has 0 saturated carbocycles. The van der Waals surface area contributed by atoms with Crippen LogP contribution >= 0.6 is 7.82 Å². The molecule has 1 aliphatic rings. The maximum absolute atomic E-state index is 14.5. The van der Waals surface area contributed by atoms with Gasteiger partial charge in [-0.1, -0.05) is 0 Å². The lowest BCUT2D eigenvalue weighted by molar-refractivity contribution is -0.00625. The Bertz CT molecular complexity index is 1940. The summed E-state index contributed by atoms with van der Waals surface area (Å²) in [4.78, 5) is 30.7. The Morgan fingerprint density at radius 2 is 1.52 bits per heavy atom. The monoisotopic (exact) mass is 667 g/mol. The van der Waals surface area contributed by atoms with Crippen molar-refractivity contribution >= 4 is 35.4 Å². The van der Waals surface area contributed by atoms with E-state index in [1.54, 1.807) is 41.5 Å². The van der Waals surface area contributed by atoms with Gasteiger partial charge in [-0.3, -0.25) is 23.2 Å². The zero-order valence-electron chi connectivity index (χ0n) is 26.3. The number of fused-ring (bicyclic) bond motifs is 4. The van der Waals surface area contributed by atoms with Crippen LogP contribution in [-0.4, -0.2) is 45.2 Å². The quantitative estimate of drug-likeness (QED) is 0.165. The molecule has 46 heavy (non-hydrogen) atoms. The zero-order valence-corrected chi connectivity index (χ0v) is 27.2. The Hall–Kier alpha value is -3.55. The molecule has 0 spiro atoms. The fourth-order valence-corrected chi connectivity index (χ4v) is 7.05. The van der Waals surface area contributed by atoms with Gasteiger partial charge in [-0.05, 0) is 71.2 Å². The second kappa shape index (κ2) is 11.9. The molecule has 1 aliphatic heterocycles. The molecule has 4 aromatic rings. The molecule has 0 fully saturated rings. The molecule has 0 aliphatic carbocycles. The molecule has 2 aromatic carbocycles. The lowest BCUT2D eigenvalue weighted by Gasteiger charge is -2.34. The summed E-state index contributed by atoms with van der Waals surface area (Å²) in [6, 6.07) is 3.86. The molecule has 0 radical (unpaired) electrons. The minimum atomic E-state index is -4.32. The number of rotatable bonds is 7. The highest BCUT2D eigenvalue weighted by Gasteiger charge is 2.38. The number of benzene rings is 2. The van der Waals surface area contributed by atoms with Gasteiger partial charge in [0.25, 0.3) is 11.5 Å². The number of hydrogen-bond acceptors (Lipinski definition) is 7. The van der Waals surface area contributed by atoms with Gasteiger partial charge in [0.2, 0.25) is 0 Å². The first-order valence-electron chi connectivity index (χ1n) is 14.3. The van der Waals surface area contributed by atoms with E-state index in [4.69, 9.17) is 18.3 Å². The number of H-pyrrole nitrogens is 1. The second-order valence-electron chi connectivity index (χ2n) is 13.0. The molecule has 248 valence electrons. The summed E-state index contributed by atoms with van der Waals surface area (Å²) in [5, 5.41) is 0.112. The fraction of sp³-hybridized carbons (Fsp3) is 0.419. The van der Waals surface area contributed by atoms with E-state index in [0.29, 0.717) is 5.56 Å². The van der Waals surface area contributed by atoms with Gasteiger partial charge in [0, 0.05) is 29.8 Å². The number of aromatic nitrogens is 2. The lowest BCUT2D eigenvalue weighted by Crippen LogP contribution is -2.38. The molecular weight excluding hydrogens is 633 g/mol. The van der Waals surface area contributed by atoms with Gasteiger partial charge < -0.3 is 19.2 Å². The van der Waals surface area contributed by atoms with Crippen LogP contribution in [0.15, 0.2) is 35.1 Å². The van der Waals surface area contributed by atoms with E-state index in [1.165, 1.54) is 22.6 Å². The lowest BCUT2D eigenvalue weighted by atomic mass is 9.95. The van der Waals surface area contributed by atoms with Gasteiger partial charge in [0.15, 0.2) is 23.3 Å². The van der Waals surface area contributed by atoms with E-state index in [9.17, 15) is 31.7 Å². The van der Waals surface area contributed by atoms with Crippen molar-refractivity contribution < 1.29 is 45.2 Å². The number of hydrogen-bond donors (Lipinski definition) is 1. The third-order valence-electron chi connectivity index (χ3n) is 7.11. The number of nitrogens with zero attached hydrogens (tertiary/aromatic N) is 2. The predicted octanol–water partition coefficient (Wildman–Crippen LogP) is 7.10. The van der Waals surface area contributed by atoms with Gasteiger partial charge in [-0.15, -0.1) is 0 Å². The molecule has 5 rings (SSSR count). The highest BCUT2D eigenvalue weighted by atomic mass is 31.2. The molecular formula is C31H34F4N3O7P. The second-order valence-corrected chi connectivity index (χ2v) is 14.5. The van der Waals surface area contributed by atoms with Crippen molar-refractivity contribution in [3.05, 3.63) is 80.9 Å². The van der Waals surface area contributed by atoms with Crippen LogP contribution in [0.4, 0.5) is 17.6 Å². The van der Waals surface area contributed by atoms with E-state index < -0.39 is 66.5 Å². The maximum atomic E-state index is 14.5. The summed E-state index contributed by atoms with van der Waals surface area (Å²) in [6.07, 6.45) is 0. The first-order valence-corrected chi connectivity index (χ1v) is 15.8. The van der Waals surface area contributed by atoms with E-state index in [-0.39, 0.29) is 46.3 Å². The highest BCUT2D eigenvalue weighted by molar-refractivity contribution is 7.48. The number of nitrogens with one attached hydrogen (secondary N) is 1. The summed E-state index contributed by atoms with van der Waals surface area (Å²) in [7, 11) is -2.90. The molecule has 3 heterocycles. The maximum Gasteiger partial charge on any atom is 0.477 e. The molecule has 2 aromatic heterocycles. The molecule has 0 bridgehead atoms. The van der Waals surface area contributed by atoms with Crippen LogP contribution in [0, 0.1) is 23.3 Å². The third-order valence-corrected chi connectivity index (χ3v) is 9.08. The molecule has 1 atom stereocenters. The minimum Gasteiger partial charge on any atom is -0.373 e. The van der Waals surface area contributed by atoms with E-state index >= 15 is 0 Å². The Morgan fingerprint density at radius 1 is 0.957 bits per heavy atom. The number of carbonyl (C=O) groups excluding carboxylic acids is 1. The van der Waals surface area contributed by atoms with Gasteiger partial charge in [0.1, 0.15) is 12.4 Å². The SMILES string of the molecule is CN(C(=O)c1cc2cc(F)c(F)cc2n1COP(=O)(OC(C)(C)C)OC(C)(C)C)[C@H]1COCc2[nH]c(=O)c3cc(F)c(F)cc3c21. The molecule has 0 saturated heterocycles. The van der Waals surface area contributed by atoms with Gasteiger partial charge in [0.05, 0.1) is 41.4 Å². The smallest absolute Gasteiger partial charge is 0.373 e. The minimum absolute atomic E-state index is 0.0429. The number of phosphoric ester groups is 1. The van der Waals surface area contributed by atoms with Crippen LogP contribution in [0.1, 0.15) is 69.3 Å². The van der Waals surface area contributed by atoms with Crippen molar-refractivity contribution in [1.29, 1.82) is 0 Å². The van der Waals surface area contributed by atoms with Gasteiger partial charge in [-0.25, -0.2) is 22.1 Å². The number of phosphoric acid groups is 1. The van der Waals surface area contributed by atoms with E-state index in [2.05, 4.69) is 4.98 Å². The van der Waals surface area contributed by atoms with Crippen molar-refractivity contribution in [3.8, 4) is 0 Å². The third kappa shape index (κ3) is 6.77. The Morgan fingerprint density at radius 3 is 2.13 bits per heavy atom. The average Bonchev–Trinajstić information content (AvgIpc) is 3.27. The van der Waals surface area contributed by atoms with E-state index in [1.807, 2.05) is 0 Å². The standard InChI is InChI=1S/C31H34F4N3O7P/c1-30(2,3)44-46(41,45-31(4,5)6)43-15-38-24-12-22(35)19(32)8-16(24)9-25(38)29(40)37(7)26-14-42-13-23-27(26)17-10-20(33)21(34)11-18(17)28(39)36-23/h8-12,26H,13-15H2,1-7H3,(H,36,39)/t26-/m0/s1. The van der Waals surface area contributed by atoms with Gasteiger partial charge in [-0.2, -0.15) is 0 Å². The number of halogens is 4. The summed E-state index contributed by atoms with van der Waals surface area (Å²) in [5.74, 6) is -5.45. The average molecular weight is 668 g/mol. The number of carbonyl (C=O) groups is 1. The summed E-state index contributed by atoms with van der Waals surface area (Å²) in [6.45, 7) is 9.09. The number of pyridine rings is 1. The molecule has 1 N–H and O–H groups in total. The Labute approximate surface area is 261 Å². The fourth-order valence-electron chi connectivity index (χ4n) is 5.31. The number of ether oxygens (including phenoxy) is 1. The number of likely N-dealkylation sites (N-methyl/N-ethyl adjacent to an activating group) is 1. The molecule has 10 nitrogen and oxygen atoms in total. The topological polar surface area (TPSA) is 112 Å². The predicted molar refractivity (Wildman–Crippen MR) is 161 cm³/mol. The Kier molecular flexibility index (Phi) is 8.75. The largest absolute Gasteiger partial charge is 0.477 e. The number of aromatic amines is 1. The first kappa shape index (κ1) is 33.8. The summed E-state index contributed by atoms with van der Waals surface area (Å²) < 4.78 is 95.0. The van der Waals surface area contributed by atoms with Crippen LogP contribution in [-0.2, 0) is 36.2 Å². The van der Waals surface area contributed by atoms with Gasteiger partial charge >= 0.3 is 7.82 Å². The van der Waals surface area contributed by atoms with E-state index in [0.717, 1.165) is 24.3 Å². The molecule has 1 amide bonds. The first-order chi connectivity index (χ1) is 21.3. The normalized spacial score (nSPS) is 15.8. The van der Waals surface area contributed by atoms with Crippen LogP contribution < -0.4 is 5.56 Å². The summed E-state index contributed by atoms with van der Waals surface area (Å²) >= 11 is 0. The zero-order chi connectivity index (χ0) is 33.9. The van der Waals surface area contributed by atoms with Crippen molar-refractivity contribution in [2.24, 2.45) is 0 Å². The van der Waals surface area contributed by atoms with Crippen LogP contribution in [0.5, 0.6) is 0 Å². The van der Waals surface area contributed by atoms with Crippen molar-refractivity contribution in [2.45, 2.75) is 72.1 Å². The molecule has 15 heteroatoms. The highest BCUT2D eigenvalue weighted by Crippen LogP contribution is 2.55. The summed E-state index contributed by atoms with van der Waals surface area (Å²) in [5.41, 5.74) is -2.09. The van der Waals surface area contributed by atoms with Crippen LogP contribution in [0.3, 0.4) is 0 Å². The van der Waals surface area contributed by atoms with Crippen molar-refractivity contribution in [3.63, 3.8) is 0 Å². The Balaban J connectivity index is 1.59. The van der Waals surface area contributed by atoms with Crippen molar-refractivity contribution in [2.75, 3.05) is 13.7 Å².